The maximum atomic E-state index is 14.0. The van der Waals surface area contributed by atoms with Crippen molar-refractivity contribution in [3.05, 3.63) is 107 Å². The molecule has 0 aliphatic heterocycles. The van der Waals surface area contributed by atoms with E-state index in [9.17, 15) is 19.5 Å². The van der Waals surface area contributed by atoms with Crippen molar-refractivity contribution in [2.24, 2.45) is 0 Å². The van der Waals surface area contributed by atoms with Gasteiger partial charge < -0.3 is 20.1 Å². The summed E-state index contributed by atoms with van der Waals surface area (Å²) in [5.74, 6) is -2.28. The molecule has 0 spiro atoms. The van der Waals surface area contributed by atoms with Gasteiger partial charge in [0.25, 0.3) is 11.5 Å². The quantitative estimate of drug-likeness (QED) is 0.281. The van der Waals surface area contributed by atoms with Gasteiger partial charge >= 0.3 is 5.97 Å². The molecule has 0 atom stereocenters. The fourth-order valence-corrected chi connectivity index (χ4v) is 4.31. The molecule has 2 aromatic carbocycles. The van der Waals surface area contributed by atoms with Crippen molar-refractivity contribution in [1.82, 2.24) is 24.8 Å². The number of aromatic nitrogens is 4. The molecular weight excluding hydrogens is 498 g/mol. The van der Waals surface area contributed by atoms with Crippen molar-refractivity contribution in [2.75, 3.05) is 6.54 Å². The van der Waals surface area contributed by atoms with Crippen LogP contribution in [0.1, 0.15) is 22.5 Å². The van der Waals surface area contributed by atoms with Gasteiger partial charge in [-0.25, -0.2) is 4.98 Å². The van der Waals surface area contributed by atoms with E-state index in [2.05, 4.69) is 20.3 Å². The Balaban J connectivity index is 1.83. The number of carbonyl (C=O) groups excluding carboxylic acids is 1. The molecule has 3 N–H and O–H groups in total. The zero-order valence-corrected chi connectivity index (χ0v) is 20.6. The lowest BCUT2D eigenvalue weighted by molar-refractivity contribution is -0.136. The summed E-state index contributed by atoms with van der Waals surface area (Å²) in [6.07, 6.45) is 4.09. The van der Waals surface area contributed by atoms with Gasteiger partial charge in [-0.1, -0.05) is 60.7 Å². The molecule has 0 unspecified atom stereocenters. The van der Waals surface area contributed by atoms with Crippen LogP contribution in [0.2, 0.25) is 0 Å². The van der Waals surface area contributed by atoms with E-state index in [1.54, 1.807) is 30.3 Å². The second kappa shape index (κ2) is 10.9. The molecule has 5 aromatic rings. The molecule has 0 saturated carbocycles. The van der Waals surface area contributed by atoms with Gasteiger partial charge in [-0.2, -0.15) is 0 Å². The Morgan fingerprint density at radius 3 is 2.36 bits per heavy atom. The molecule has 3 aromatic heterocycles. The molecule has 0 bridgehead atoms. The maximum Gasteiger partial charge on any atom is 0.305 e. The van der Waals surface area contributed by atoms with Crippen LogP contribution < -0.4 is 10.9 Å². The molecule has 10 nitrogen and oxygen atoms in total. The summed E-state index contributed by atoms with van der Waals surface area (Å²) in [5.41, 5.74) is 1.90. The van der Waals surface area contributed by atoms with Crippen molar-refractivity contribution >= 4 is 22.8 Å². The van der Waals surface area contributed by atoms with Crippen LogP contribution >= 0.6 is 0 Å². The van der Waals surface area contributed by atoms with Gasteiger partial charge in [0.1, 0.15) is 11.4 Å². The number of aromatic hydroxyl groups is 1. The van der Waals surface area contributed by atoms with E-state index in [0.717, 1.165) is 5.56 Å². The number of rotatable bonds is 8. The maximum absolute atomic E-state index is 14.0. The Hall–Kier alpha value is -5.38. The minimum atomic E-state index is -1.08. The number of nitrogens with zero attached hydrogens (tertiary/aromatic N) is 4. The van der Waals surface area contributed by atoms with Gasteiger partial charge in [-0.15, -0.1) is 0 Å². The minimum Gasteiger partial charge on any atom is -0.505 e. The van der Waals surface area contributed by atoms with Crippen LogP contribution in [0.4, 0.5) is 0 Å². The Labute approximate surface area is 222 Å². The highest BCUT2D eigenvalue weighted by Gasteiger charge is 2.25. The first-order chi connectivity index (χ1) is 18.9. The van der Waals surface area contributed by atoms with Crippen molar-refractivity contribution in [3.8, 4) is 28.3 Å². The molecule has 3 heterocycles. The van der Waals surface area contributed by atoms with Crippen LogP contribution in [0, 0.1) is 0 Å². The number of carbonyl (C=O) groups is 2. The predicted molar refractivity (Wildman–Crippen MR) is 144 cm³/mol. The fraction of sp³-hybridized carbons (Fsp3) is 0.103. The first kappa shape index (κ1) is 25.3. The van der Waals surface area contributed by atoms with Crippen LogP contribution in [0.25, 0.3) is 33.4 Å². The molecule has 0 aliphatic carbocycles. The number of amides is 1. The molecule has 1 amide bonds. The molecule has 194 valence electrons. The molecule has 5 rings (SSSR count). The highest BCUT2D eigenvalue weighted by molar-refractivity contribution is 6.05. The zero-order valence-electron chi connectivity index (χ0n) is 20.6. The van der Waals surface area contributed by atoms with Gasteiger partial charge in [0.2, 0.25) is 0 Å². The zero-order chi connectivity index (χ0) is 27.4. The average Bonchev–Trinajstić information content (AvgIpc) is 2.96. The third-order valence-electron chi connectivity index (χ3n) is 6.13. The van der Waals surface area contributed by atoms with E-state index in [4.69, 9.17) is 5.11 Å². The van der Waals surface area contributed by atoms with E-state index in [-0.39, 0.29) is 53.1 Å². The van der Waals surface area contributed by atoms with Crippen LogP contribution in [0.3, 0.4) is 0 Å². The lowest BCUT2D eigenvalue weighted by atomic mass is 10.0. The molecule has 0 fully saturated rings. The largest absolute Gasteiger partial charge is 0.505 e. The number of hydrogen-bond acceptors (Lipinski definition) is 7. The van der Waals surface area contributed by atoms with Crippen LogP contribution in [-0.2, 0) is 11.3 Å². The summed E-state index contributed by atoms with van der Waals surface area (Å²) in [6.45, 7) is 0.00591. The second-order valence-electron chi connectivity index (χ2n) is 8.71. The van der Waals surface area contributed by atoms with Gasteiger partial charge in [-0.3, -0.25) is 24.4 Å². The highest BCUT2D eigenvalue weighted by Crippen LogP contribution is 2.35. The summed E-state index contributed by atoms with van der Waals surface area (Å²) >= 11 is 0. The summed E-state index contributed by atoms with van der Waals surface area (Å²) < 4.78 is 1.51. The first-order valence-corrected chi connectivity index (χ1v) is 12.1. The van der Waals surface area contributed by atoms with Crippen molar-refractivity contribution in [1.29, 1.82) is 0 Å². The van der Waals surface area contributed by atoms with Crippen LogP contribution in [-0.4, -0.2) is 48.2 Å². The number of hydrogen-bond donors (Lipinski definition) is 3. The lowest BCUT2D eigenvalue weighted by Crippen LogP contribution is -2.28. The molecule has 0 radical (unpaired) electrons. The van der Waals surface area contributed by atoms with E-state index in [0.29, 0.717) is 11.1 Å². The third kappa shape index (κ3) is 5.21. The molecular formula is C29H23N5O5. The van der Waals surface area contributed by atoms with Gasteiger partial charge in [0.15, 0.2) is 11.4 Å². The topological polar surface area (TPSA) is 147 Å². The minimum absolute atomic E-state index is 0.156. The second-order valence-corrected chi connectivity index (χ2v) is 8.71. The summed E-state index contributed by atoms with van der Waals surface area (Å²) in [6, 6.07) is 19.9. The highest BCUT2D eigenvalue weighted by atomic mass is 16.4. The standard InChI is InChI=1S/C29H23N5O5/c35-23(36)11-12-32-28(38)25-27(37)21-15-20(19-9-5-2-6-10-19)29(39)34(17-18-7-3-1-4-8-18)26(21)24(33-25)22-16-30-13-14-31-22/h1-10,13-16,37H,11-12,17H2,(H,32,38)(H,35,36). The molecule has 0 aliphatic rings. The summed E-state index contributed by atoms with van der Waals surface area (Å²) in [7, 11) is 0. The summed E-state index contributed by atoms with van der Waals surface area (Å²) in [4.78, 5) is 50.9. The number of carboxylic acid groups (broad SMARTS) is 1. The SMILES string of the molecule is O=C(O)CCNC(=O)c1nc(-c2cnccn2)c2c(cc(-c3ccccc3)c(=O)n2Cc2ccccc2)c1O. The van der Waals surface area contributed by atoms with Gasteiger partial charge in [0.05, 0.1) is 24.7 Å². The third-order valence-corrected chi connectivity index (χ3v) is 6.13. The molecule has 39 heavy (non-hydrogen) atoms. The first-order valence-electron chi connectivity index (χ1n) is 12.1. The lowest BCUT2D eigenvalue weighted by Gasteiger charge is -2.18. The summed E-state index contributed by atoms with van der Waals surface area (Å²) in [5, 5.41) is 23.0. The Morgan fingerprint density at radius 2 is 1.69 bits per heavy atom. The number of pyridine rings is 2. The van der Waals surface area contributed by atoms with Crippen LogP contribution in [0.15, 0.2) is 90.1 Å². The average molecular weight is 522 g/mol. The number of nitrogens with one attached hydrogen (secondary N) is 1. The van der Waals surface area contributed by atoms with Crippen LogP contribution in [0.5, 0.6) is 5.75 Å². The number of benzene rings is 2. The molecule has 10 heteroatoms. The number of aliphatic carboxylic acids is 1. The van der Waals surface area contributed by atoms with Crippen molar-refractivity contribution in [2.45, 2.75) is 13.0 Å². The van der Waals surface area contributed by atoms with E-state index in [1.165, 1.54) is 23.2 Å². The van der Waals surface area contributed by atoms with Gasteiger partial charge in [-0.05, 0) is 17.2 Å². The Bertz CT molecular complexity index is 1720. The van der Waals surface area contributed by atoms with E-state index >= 15 is 0 Å². The van der Waals surface area contributed by atoms with Gasteiger partial charge in [0, 0.05) is 29.9 Å². The van der Waals surface area contributed by atoms with E-state index in [1.807, 2.05) is 36.4 Å². The number of carboxylic acids is 1. The van der Waals surface area contributed by atoms with Crippen molar-refractivity contribution in [3.63, 3.8) is 0 Å². The monoisotopic (exact) mass is 521 g/mol. The Kier molecular flexibility index (Phi) is 7.09. The predicted octanol–water partition coefficient (Wildman–Crippen LogP) is 3.48. The normalized spacial score (nSPS) is 10.9. The van der Waals surface area contributed by atoms with Crippen molar-refractivity contribution < 1.29 is 19.8 Å². The number of fused-ring (bicyclic) bond motifs is 1. The van der Waals surface area contributed by atoms with E-state index < -0.39 is 17.6 Å². The molecule has 0 saturated heterocycles. The fourth-order valence-electron chi connectivity index (χ4n) is 4.31. The Morgan fingerprint density at radius 1 is 0.974 bits per heavy atom. The smallest absolute Gasteiger partial charge is 0.305 e.